The normalized spacial score (nSPS) is 11.2. The monoisotopic (exact) mass is 344 g/mol. The SMILES string of the molecule is CCn1c2ccccc2c2cc(CC(=O)OC)nc(-c3ccccc3)c21. The molecule has 0 aliphatic carbocycles. The second-order valence-corrected chi connectivity index (χ2v) is 6.24. The Morgan fingerprint density at radius 3 is 2.50 bits per heavy atom. The highest BCUT2D eigenvalue weighted by molar-refractivity contribution is 6.12. The molecule has 0 fully saturated rings. The number of esters is 1. The molecule has 2 heterocycles. The van der Waals surface area contributed by atoms with Gasteiger partial charge in [-0.1, -0.05) is 48.5 Å². The summed E-state index contributed by atoms with van der Waals surface area (Å²) in [5.41, 5.74) is 4.96. The Bertz CT molecular complexity index is 1100. The molecule has 0 saturated heterocycles. The standard InChI is InChI=1S/C22H20N2O2/c1-3-24-19-12-8-7-11-17(19)18-13-16(14-20(25)26-2)23-21(22(18)24)15-9-5-4-6-10-15/h4-13H,3,14H2,1-2H3. The van der Waals surface area contributed by atoms with Gasteiger partial charge in [-0.3, -0.25) is 4.79 Å². The minimum absolute atomic E-state index is 0.165. The van der Waals surface area contributed by atoms with Crippen molar-refractivity contribution in [2.24, 2.45) is 0 Å². The molecule has 0 bridgehead atoms. The van der Waals surface area contributed by atoms with Crippen LogP contribution in [0.1, 0.15) is 12.6 Å². The van der Waals surface area contributed by atoms with E-state index in [0.717, 1.165) is 34.4 Å². The fourth-order valence-corrected chi connectivity index (χ4v) is 3.56. The fraction of sp³-hybridized carbons (Fsp3) is 0.182. The Kier molecular flexibility index (Phi) is 4.17. The van der Waals surface area contributed by atoms with Gasteiger partial charge in [-0.15, -0.1) is 0 Å². The maximum atomic E-state index is 11.8. The molecule has 0 amide bonds. The zero-order valence-corrected chi connectivity index (χ0v) is 14.9. The van der Waals surface area contributed by atoms with Crippen LogP contribution in [0.25, 0.3) is 33.1 Å². The number of aryl methyl sites for hydroxylation is 1. The maximum Gasteiger partial charge on any atom is 0.311 e. The molecule has 4 heteroatoms. The van der Waals surface area contributed by atoms with Gasteiger partial charge in [0.25, 0.3) is 0 Å². The smallest absolute Gasteiger partial charge is 0.311 e. The molecule has 26 heavy (non-hydrogen) atoms. The number of methoxy groups -OCH3 is 1. The first-order valence-electron chi connectivity index (χ1n) is 8.76. The van der Waals surface area contributed by atoms with E-state index in [-0.39, 0.29) is 12.4 Å². The molecule has 4 nitrogen and oxygen atoms in total. The number of carbonyl (C=O) groups is 1. The number of rotatable bonds is 4. The van der Waals surface area contributed by atoms with Crippen molar-refractivity contribution in [3.8, 4) is 11.3 Å². The first-order valence-corrected chi connectivity index (χ1v) is 8.76. The van der Waals surface area contributed by atoms with Crippen LogP contribution in [-0.4, -0.2) is 22.6 Å². The van der Waals surface area contributed by atoms with E-state index >= 15 is 0 Å². The third-order valence-corrected chi connectivity index (χ3v) is 4.72. The van der Waals surface area contributed by atoms with Crippen molar-refractivity contribution >= 4 is 27.8 Å². The number of pyridine rings is 1. The summed E-state index contributed by atoms with van der Waals surface area (Å²) in [5, 5.41) is 2.30. The molecule has 0 aliphatic rings. The summed E-state index contributed by atoms with van der Waals surface area (Å²) in [4.78, 5) is 16.7. The van der Waals surface area contributed by atoms with Gasteiger partial charge in [0, 0.05) is 28.4 Å². The van der Waals surface area contributed by atoms with E-state index in [1.54, 1.807) is 0 Å². The van der Waals surface area contributed by atoms with Crippen LogP contribution in [-0.2, 0) is 22.5 Å². The van der Waals surface area contributed by atoms with Crippen molar-refractivity contribution < 1.29 is 9.53 Å². The molecule has 0 aliphatic heterocycles. The van der Waals surface area contributed by atoms with Crippen LogP contribution in [0.15, 0.2) is 60.7 Å². The molecule has 2 aromatic carbocycles. The lowest BCUT2D eigenvalue weighted by atomic mass is 10.1. The highest BCUT2D eigenvalue weighted by atomic mass is 16.5. The summed E-state index contributed by atoms with van der Waals surface area (Å²) in [6.07, 6.45) is 0.165. The quantitative estimate of drug-likeness (QED) is 0.509. The van der Waals surface area contributed by atoms with Crippen LogP contribution >= 0.6 is 0 Å². The van der Waals surface area contributed by atoms with Gasteiger partial charge < -0.3 is 9.30 Å². The van der Waals surface area contributed by atoms with Crippen molar-refractivity contribution in [3.63, 3.8) is 0 Å². The second kappa shape index (κ2) is 6.64. The minimum Gasteiger partial charge on any atom is -0.469 e. The van der Waals surface area contributed by atoms with Gasteiger partial charge in [0.05, 0.1) is 30.4 Å². The summed E-state index contributed by atoms with van der Waals surface area (Å²) in [6, 6.07) is 20.5. The first kappa shape index (κ1) is 16.3. The van der Waals surface area contributed by atoms with Crippen LogP contribution in [0.2, 0.25) is 0 Å². The summed E-state index contributed by atoms with van der Waals surface area (Å²) in [5.74, 6) is -0.282. The lowest BCUT2D eigenvalue weighted by Crippen LogP contribution is -2.07. The Balaban J connectivity index is 2.10. The first-order chi connectivity index (χ1) is 12.7. The predicted molar refractivity (Wildman–Crippen MR) is 104 cm³/mol. The van der Waals surface area contributed by atoms with Crippen molar-refractivity contribution in [3.05, 3.63) is 66.4 Å². The third kappa shape index (κ3) is 2.64. The maximum absolute atomic E-state index is 11.8. The number of fused-ring (bicyclic) bond motifs is 3. The van der Waals surface area contributed by atoms with Crippen LogP contribution < -0.4 is 0 Å². The van der Waals surface area contributed by atoms with Gasteiger partial charge in [-0.25, -0.2) is 4.98 Å². The molecule has 130 valence electrons. The van der Waals surface area contributed by atoms with Gasteiger partial charge in [-0.2, -0.15) is 0 Å². The molecule has 0 atom stereocenters. The number of nitrogens with zero attached hydrogens (tertiary/aromatic N) is 2. The average molecular weight is 344 g/mol. The van der Waals surface area contributed by atoms with Crippen molar-refractivity contribution in [1.82, 2.24) is 9.55 Å². The highest BCUT2D eigenvalue weighted by Crippen LogP contribution is 2.35. The molecule has 0 N–H and O–H groups in total. The molecule has 4 rings (SSSR count). The lowest BCUT2D eigenvalue weighted by Gasteiger charge is -2.10. The van der Waals surface area contributed by atoms with Gasteiger partial charge in [0.1, 0.15) is 0 Å². The van der Waals surface area contributed by atoms with E-state index in [4.69, 9.17) is 9.72 Å². The summed E-state index contributed by atoms with van der Waals surface area (Å²) >= 11 is 0. The van der Waals surface area contributed by atoms with E-state index < -0.39 is 0 Å². The number of para-hydroxylation sites is 1. The van der Waals surface area contributed by atoms with Crippen LogP contribution in [0, 0.1) is 0 Å². The van der Waals surface area contributed by atoms with Gasteiger partial charge in [0.2, 0.25) is 0 Å². The molecular formula is C22H20N2O2. The number of benzene rings is 2. The van der Waals surface area contributed by atoms with E-state index in [2.05, 4.69) is 41.8 Å². The van der Waals surface area contributed by atoms with Crippen LogP contribution in [0.5, 0.6) is 0 Å². The largest absolute Gasteiger partial charge is 0.469 e. The summed E-state index contributed by atoms with van der Waals surface area (Å²) in [6.45, 7) is 2.99. The van der Waals surface area contributed by atoms with E-state index in [1.165, 1.54) is 18.0 Å². The summed E-state index contributed by atoms with van der Waals surface area (Å²) in [7, 11) is 1.40. The number of carbonyl (C=O) groups excluding carboxylic acids is 1. The number of hydrogen-bond acceptors (Lipinski definition) is 3. The highest BCUT2D eigenvalue weighted by Gasteiger charge is 2.18. The van der Waals surface area contributed by atoms with E-state index in [9.17, 15) is 4.79 Å². The molecule has 0 spiro atoms. The number of ether oxygens (including phenoxy) is 1. The van der Waals surface area contributed by atoms with Gasteiger partial charge in [0.15, 0.2) is 0 Å². The van der Waals surface area contributed by atoms with Gasteiger partial charge >= 0.3 is 5.97 Å². The average Bonchev–Trinajstić information content (AvgIpc) is 3.01. The zero-order valence-electron chi connectivity index (χ0n) is 14.9. The third-order valence-electron chi connectivity index (χ3n) is 4.72. The van der Waals surface area contributed by atoms with E-state index in [0.29, 0.717) is 0 Å². The Morgan fingerprint density at radius 2 is 1.77 bits per heavy atom. The Labute approximate surface area is 152 Å². The van der Waals surface area contributed by atoms with Crippen molar-refractivity contribution in [1.29, 1.82) is 0 Å². The molecule has 0 saturated carbocycles. The lowest BCUT2D eigenvalue weighted by molar-refractivity contribution is -0.139. The number of aromatic nitrogens is 2. The second-order valence-electron chi connectivity index (χ2n) is 6.24. The summed E-state index contributed by atoms with van der Waals surface area (Å²) < 4.78 is 7.14. The van der Waals surface area contributed by atoms with Crippen LogP contribution in [0.4, 0.5) is 0 Å². The minimum atomic E-state index is -0.282. The number of hydrogen-bond donors (Lipinski definition) is 0. The van der Waals surface area contributed by atoms with E-state index in [1.807, 2.05) is 30.3 Å². The fourth-order valence-electron chi connectivity index (χ4n) is 3.56. The topological polar surface area (TPSA) is 44.1 Å². The Morgan fingerprint density at radius 1 is 1.04 bits per heavy atom. The molecular weight excluding hydrogens is 324 g/mol. The van der Waals surface area contributed by atoms with Crippen molar-refractivity contribution in [2.75, 3.05) is 7.11 Å². The zero-order chi connectivity index (χ0) is 18.1. The molecule has 2 aromatic heterocycles. The molecule has 4 aromatic rings. The van der Waals surface area contributed by atoms with Gasteiger partial charge in [-0.05, 0) is 19.1 Å². The van der Waals surface area contributed by atoms with Crippen LogP contribution in [0.3, 0.4) is 0 Å². The molecule has 0 radical (unpaired) electrons. The van der Waals surface area contributed by atoms with Crippen molar-refractivity contribution in [2.45, 2.75) is 19.9 Å². The Hall–Kier alpha value is -3.14. The predicted octanol–water partition coefficient (Wildman–Crippen LogP) is 4.59. The molecule has 0 unspecified atom stereocenters.